The maximum atomic E-state index is 10.6. The first-order valence-corrected chi connectivity index (χ1v) is 8.26. The Balaban J connectivity index is 2.12. The maximum absolute atomic E-state index is 10.6. The Morgan fingerprint density at radius 3 is 2.90 bits per heavy atom. The summed E-state index contributed by atoms with van der Waals surface area (Å²) in [5.74, 6) is 0.487. The lowest BCUT2D eigenvalue weighted by Gasteiger charge is -2.31. The normalized spacial score (nSPS) is 22.4. The van der Waals surface area contributed by atoms with E-state index in [0.29, 0.717) is 5.92 Å². The van der Waals surface area contributed by atoms with Crippen molar-refractivity contribution < 1.29 is 14.6 Å². The second-order valence-electron chi connectivity index (χ2n) is 5.46. The molecule has 0 heterocycles. The van der Waals surface area contributed by atoms with Gasteiger partial charge in [0.05, 0.1) is 0 Å². The zero-order valence-corrected chi connectivity index (χ0v) is 13.8. The molecule has 1 fully saturated rings. The average Bonchev–Trinajstić information content (AvgIpc) is 2.48. The predicted molar refractivity (Wildman–Crippen MR) is 87.5 cm³/mol. The minimum absolute atomic E-state index is 0.279. The van der Waals surface area contributed by atoms with Crippen molar-refractivity contribution in [2.75, 3.05) is 0 Å². The van der Waals surface area contributed by atoms with Gasteiger partial charge in [0.15, 0.2) is 0 Å². The van der Waals surface area contributed by atoms with Crippen molar-refractivity contribution in [1.29, 1.82) is 0 Å². The number of halogens is 1. The Bertz CT molecular complexity index is 525. The highest BCUT2D eigenvalue weighted by atomic mass is 79.9. The summed E-state index contributed by atoms with van der Waals surface area (Å²) in [5.41, 5.74) is 0.818. The second kappa shape index (κ2) is 7.64. The highest BCUT2D eigenvalue weighted by Gasteiger charge is 2.25. The van der Waals surface area contributed by atoms with Gasteiger partial charge in [-0.1, -0.05) is 29.3 Å². The van der Waals surface area contributed by atoms with Gasteiger partial charge in [-0.2, -0.15) is 0 Å². The van der Waals surface area contributed by atoms with Gasteiger partial charge in [-0.15, -0.1) is 0 Å². The molecule has 1 aromatic rings. The van der Waals surface area contributed by atoms with E-state index in [4.69, 9.17) is 9.84 Å². The number of carboxylic acid groups (broad SMARTS) is 1. The van der Waals surface area contributed by atoms with Crippen molar-refractivity contribution >= 4 is 28.0 Å². The summed E-state index contributed by atoms with van der Waals surface area (Å²) in [6.45, 7) is 2.22. The van der Waals surface area contributed by atoms with Gasteiger partial charge in [0.1, 0.15) is 11.9 Å². The van der Waals surface area contributed by atoms with Crippen LogP contribution in [-0.2, 0) is 4.79 Å². The van der Waals surface area contributed by atoms with Gasteiger partial charge >= 0.3 is 5.97 Å². The van der Waals surface area contributed by atoms with Crippen LogP contribution in [0.4, 0.5) is 0 Å². The van der Waals surface area contributed by atoms with Crippen molar-refractivity contribution in [3.63, 3.8) is 0 Å². The first-order valence-electron chi connectivity index (χ1n) is 7.47. The summed E-state index contributed by atoms with van der Waals surface area (Å²) >= 11 is 3.43. The van der Waals surface area contributed by atoms with E-state index in [2.05, 4.69) is 22.9 Å². The number of aliphatic carboxylic acids is 1. The van der Waals surface area contributed by atoms with Crippen LogP contribution < -0.4 is 4.74 Å². The summed E-state index contributed by atoms with van der Waals surface area (Å²) in [7, 11) is 0. The van der Waals surface area contributed by atoms with Gasteiger partial charge in [-0.05, 0) is 61.4 Å². The zero-order chi connectivity index (χ0) is 15.2. The first-order chi connectivity index (χ1) is 10.1. The quantitative estimate of drug-likeness (QED) is 0.767. The Hall–Kier alpha value is -1.29. The molecular weight excluding hydrogens is 332 g/mol. The third-order valence-electron chi connectivity index (χ3n) is 4.02. The van der Waals surface area contributed by atoms with Crippen LogP contribution >= 0.6 is 15.9 Å². The van der Waals surface area contributed by atoms with E-state index in [1.54, 1.807) is 6.08 Å². The van der Waals surface area contributed by atoms with Gasteiger partial charge in [-0.25, -0.2) is 4.79 Å². The third kappa shape index (κ3) is 4.60. The van der Waals surface area contributed by atoms with Crippen LogP contribution in [0.25, 0.3) is 6.08 Å². The molecule has 114 valence electrons. The fraction of sp³-hybridized carbons (Fsp3) is 0.471. The Morgan fingerprint density at radius 1 is 1.43 bits per heavy atom. The molecule has 3 nitrogen and oxygen atoms in total. The molecule has 0 saturated heterocycles. The fourth-order valence-electron chi connectivity index (χ4n) is 2.85. The van der Waals surface area contributed by atoms with Gasteiger partial charge in [0.2, 0.25) is 0 Å². The summed E-state index contributed by atoms with van der Waals surface area (Å²) in [6, 6.07) is 5.73. The van der Waals surface area contributed by atoms with Gasteiger partial charge in [0.25, 0.3) is 0 Å². The summed E-state index contributed by atoms with van der Waals surface area (Å²) in [6.07, 6.45) is 9.01. The van der Waals surface area contributed by atoms with Crippen LogP contribution in [0.1, 0.15) is 44.6 Å². The Labute approximate surface area is 134 Å². The minimum atomic E-state index is -0.952. The van der Waals surface area contributed by atoms with E-state index in [1.807, 2.05) is 18.2 Å². The van der Waals surface area contributed by atoms with Gasteiger partial charge in [-0.3, -0.25) is 0 Å². The number of rotatable bonds is 5. The van der Waals surface area contributed by atoms with E-state index in [1.165, 1.54) is 19.3 Å². The number of carboxylic acids is 1. The van der Waals surface area contributed by atoms with Crippen LogP contribution in [0, 0.1) is 5.92 Å². The van der Waals surface area contributed by atoms with Crippen molar-refractivity contribution in [2.45, 2.75) is 45.1 Å². The molecule has 0 radical (unpaired) electrons. The van der Waals surface area contributed by atoms with E-state index in [0.717, 1.165) is 34.7 Å². The Morgan fingerprint density at radius 2 is 2.19 bits per heavy atom. The standard InChI is InChI=1S/C17H21BrO3/c1-2-12-5-3-4-6-16(12)21-14-8-9-15(18)13(11-14)7-10-17(19)20/h7-12,16H,2-6H2,1H3,(H,19,20)/b10-7+. The smallest absolute Gasteiger partial charge is 0.328 e. The van der Waals surface area contributed by atoms with Crippen LogP contribution in [0.2, 0.25) is 0 Å². The number of ether oxygens (including phenoxy) is 1. The average molecular weight is 353 g/mol. The van der Waals surface area contributed by atoms with E-state index >= 15 is 0 Å². The van der Waals surface area contributed by atoms with Gasteiger partial charge < -0.3 is 9.84 Å². The van der Waals surface area contributed by atoms with Crippen molar-refractivity contribution in [2.24, 2.45) is 5.92 Å². The molecule has 0 spiro atoms. The summed E-state index contributed by atoms with van der Waals surface area (Å²) < 4.78 is 7.02. The minimum Gasteiger partial charge on any atom is -0.490 e. The number of benzene rings is 1. The maximum Gasteiger partial charge on any atom is 0.328 e. The van der Waals surface area contributed by atoms with Crippen molar-refractivity contribution in [3.05, 3.63) is 34.3 Å². The molecule has 1 aliphatic carbocycles. The summed E-state index contributed by atoms with van der Waals surface area (Å²) in [5, 5.41) is 8.73. The lowest BCUT2D eigenvalue weighted by atomic mass is 9.85. The SMILES string of the molecule is CCC1CCCCC1Oc1ccc(Br)c(/C=C/C(=O)O)c1. The molecule has 0 aromatic heterocycles. The van der Waals surface area contributed by atoms with Crippen molar-refractivity contribution in [3.8, 4) is 5.75 Å². The zero-order valence-electron chi connectivity index (χ0n) is 12.2. The molecule has 1 saturated carbocycles. The molecule has 1 aromatic carbocycles. The molecule has 0 bridgehead atoms. The molecule has 21 heavy (non-hydrogen) atoms. The molecule has 2 atom stereocenters. The molecular formula is C17H21BrO3. The van der Waals surface area contributed by atoms with Crippen LogP contribution in [-0.4, -0.2) is 17.2 Å². The number of carbonyl (C=O) groups is 1. The molecule has 1 N–H and O–H groups in total. The van der Waals surface area contributed by atoms with E-state index in [9.17, 15) is 4.79 Å². The highest BCUT2D eigenvalue weighted by molar-refractivity contribution is 9.10. The molecule has 2 unspecified atom stereocenters. The number of hydrogen-bond acceptors (Lipinski definition) is 2. The molecule has 2 rings (SSSR count). The van der Waals surface area contributed by atoms with E-state index in [-0.39, 0.29) is 6.10 Å². The topological polar surface area (TPSA) is 46.5 Å². The van der Waals surface area contributed by atoms with Gasteiger partial charge in [0, 0.05) is 10.5 Å². The largest absolute Gasteiger partial charge is 0.490 e. The third-order valence-corrected chi connectivity index (χ3v) is 4.75. The molecule has 0 amide bonds. The Kier molecular flexibility index (Phi) is 5.85. The molecule has 4 heteroatoms. The molecule has 0 aliphatic heterocycles. The monoisotopic (exact) mass is 352 g/mol. The van der Waals surface area contributed by atoms with Crippen LogP contribution in [0.3, 0.4) is 0 Å². The number of hydrogen-bond donors (Lipinski definition) is 1. The lowest BCUT2D eigenvalue weighted by molar-refractivity contribution is -0.131. The highest BCUT2D eigenvalue weighted by Crippen LogP contribution is 2.32. The van der Waals surface area contributed by atoms with Crippen LogP contribution in [0.15, 0.2) is 28.7 Å². The lowest BCUT2D eigenvalue weighted by Crippen LogP contribution is -2.29. The van der Waals surface area contributed by atoms with Crippen molar-refractivity contribution in [1.82, 2.24) is 0 Å². The first kappa shape index (κ1) is 16.1. The fourth-order valence-corrected chi connectivity index (χ4v) is 3.23. The van der Waals surface area contributed by atoms with E-state index < -0.39 is 5.97 Å². The van der Waals surface area contributed by atoms with Crippen LogP contribution in [0.5, 0.6) is 5.75 Å². The summed E-state index contributed by atoms with van der Waals surface area (Å²) in [4.78, 5) is 10.6. The molecule has 1 aliphatic rings. The second-order valence-corrected chi connectivity index (χ2v) is 6.32. The predicted octanol–water partition coefficient (Wildman–Crippen LogP) is 4.89.